The lowest BCUT2D eigenvalue weighted by atomic mass is 10.4. The molecule has 1 rings (SSSR count). The van der Waals surface area contributed by atoms with Gasteiger partial charge in [-0.3, -0.25) is 4.18 Å². The third kappa shape index (κ3) is 5.09. The molecule has 0 aliphatic rings. The number of benzene rings is 1. The van der Waals surface area contributed by atoms with Gasteiger partial charge in [0, 0.05) is 7.11 Å². The first-order chi connectivity index (χ1) is 8.56. The van der Waals surface area contributed by atoms with Gasteiger partial charge in [0.05, 0.1) is 31.3 Å². The van der Waals surface area contributed by atoms with E-state index in [4.69, 9.17) is 13.7 Å². The van der Waals surface area contributed by atoms with E-state index in [1.54, 1.807) is 7.11 Å². The van der Waals surface area contributed by atoms with Crippen LogP contribution in [0.25, 0.3) is 0 Å². The molecule has 0 spiro atoms. The molecule has 102 valence electrons. The highest BCUT2D eigenvalue weighted by Gasteiger charge is 2.14. The summed E-state index contributed by atoms with van der Waals surface area (Å²) in [6.45, 7) is 0.856. The number of hydrogen-bond acceptors (Lipinski definition) is 5. The van der Waals surface area contributed by atoms with Crippen LogP contribution >= 0.6 is 0 Å². The lowest BCUT2D eigenvalue weighted by molar-refractivity contribution is 0.0554. The summed E-state index contributed by atoms with van der Waals surface area (Å²) in [5.74, 6) is -0.503. The van der Waals surface area contributed by atoms with E-state index < -0.39 is 15.9 Å². The van der Waals surface area contributed by atoms with Crippen LogP contribution < -0.4 is 0 Å². The fourth-order valence-corrected chi connectivity index (χ4v) is 2.01. The number of rotatable bonds is 8. The molecule has 18 heavy (non-hydrogen) atoms. The maximum absolute atomic E-state index is 12.6. The summed E-state index contributed by atoms with van der Waals surface area (Å²) in [6.07, 6.45) is 0. The Bertz CT molecular complexity index is 443. The second kappa shape index (κ2) is 7.42. The van der Waals surface area contributed by atoms with E-state index in [1.165, 1.54) is 0 Å². The molecular weight excluding hydrogens is 263 g/mol. The molecule has 0 unspecified atom stereocenters. The normalized spacial score (nSPS) is 11.7. The molecule has 0 N–H and O–H groups in total. The zero-order valence-corrected chi connectivity index (χ0v) is 10.8. The van der Waals surface area contributed by atoms with Crippen molar-refractivity contribution in [1.82, 2.24) is 0 Å². The first-order valence-electron chi connectivity index (χ1n) is 5.28. The van der Waals surface area contributed by atoms with E-state index in [-0.39, 0.29) is 18.1 Å². The van der Waals surface area contributed by atoms with Crippen LogP contribution in [0.4, 0.5) is 4.39 Å². The van der Waals surface area contributed by atoms with Crippen molar-refractivity contribution in [1.29, 1.82) is 0 Å². The Morgan fingerprint density at radius 1 is 1.06 bits per heavy atom. The Morgan fingerprint density at radius 2 is 1.67 bits per heavy atom. The van der Waals surface area contributed by atoms with Crippen LogP contribution in [0.5, 0.6) is 0 Å². The minimum Gasteiger partial charge on any atom is -0.382 e. The van der Waals surface area contributed by atoms with Gasteiger partial charge in [0.2, 0.25) is 0 Å². The minimum atomic E-state index is -3.85. The van der Waals surface area contributed by atoms with Crippen LogP contribution in [-0.2, 0) is 23.8 Å². The first-order valence-corrected chi connectivity index (χ1v) is 6.69. The molecule has 0 aliphatic carbocycles. The second-order valence-electron chi connectivity index (χ2n) is 3.34. The van der Waals surface area contributed by atoms with Gasteiger partial charge < -0.3 is 9.47 Å². The summed E-state index contributed by atoms with van der Waals surface area (Å²) in [5.41, 5.74) is 0. The smallest absolute Gasteiger partial charge is 0.297 e. The van der Waals surface area contributed by atoms with E-state index >= 15 is 0 Å². The number of ether oxygens (including phenoxy) is 2. The summed E-state index contributed by atoms with van der Waals surface area (Å²) < 4.78 is 50.4. The molecule has 0 heterocycles. The van der Waals surface area contributed by atoms with Crippen molar-refractivity contribution in [2.45, 2.75) is 4.90 Å². The van der Waals surface area contributed by atoms with Crippen molar-refractivity contribution >= 4 is 10.1 Å². The third-order valence-corrected chi connectivity index (χ3v) is 3.33. The molecule has 0 bridgehead atoms. The highest BCUT2D eigenvalue weighted by Crippen LogP contribution is 2.12. The molecule has 7 heteroatoms. The molecule has 0 amide bonds. The lowest BCUT2D eigenvalue weighted by Gasteiger charge is -2.06. The standard InChI is InChI=1S/C11H15FO5S/c1-15-6-7-16-8-9-17-18(13,14)11-4-2-10(12)3-5-11/h2-5H,6-9H2,1H3. The van der Waals surface area contributed by atoms with Crippen molar-refractivity contribution < 1.29 is 26.5 Å². The molecule has 0 aliphatic heterocycles. The highest BCUT2D eigenvalue weighted by molar-refractivity contribution is 7.86. The largest absolute Gasteiger partial charge is 0.382 e. The topological polar surface area (TPSA) is 61.8 Å². The first kappa shape index (κ1) is 15.0. The molecule has 1 aromatic carbocycles. The molecule has 0 atom stereocenters. The van der Waals surface area contributed by atoms with Crippen LogP contribution in [0.1, 0.15) is 0 Å². The molecule has 1 aromatic rings. The Kier molecular flexibility index (Phi) is 6.20. The van der Waals surface area contributed by atoms with Crippen molar-refractivity contribution in [3.8, 4) is 0 Å². The molecule has 0 aromatic heterocycles. The van der Waals surface area contributed by atoms with Crippen LogP contribution in [0, 0.1) is 5.82 Å². The van der Waals surface area contributed by atoms with Gasteiger partial charge in [0.25, 0.3) is 10.1 Å². The Balaban J connectivity index is 2.38. The van der Waals surface area contributed by atoms with Crippen LogP contribution in [0.3, 0.4) is 0 Å². The van der Waals surface area contributed by atoms with E-state index in [9.17, 15) is 12.8 Å². The summed E-state index contributed by atoms with van der Waals surface area (Å²) in [6, 6.07) is 4.42. The SMILES string of the molecule is COCCOCCOS(=O)(=O)c1ccc(F)cc1. The fraction of sp³-hybridized carbons (Fsp3) is 0.455. The predicted octanol–water partition coefficient (Wildman–Crippen LogP) is 1.19. The fourth-order valence-electron chi connectivity index (χ4n) is 1.12. The van der Waals surface area contributed by atoms with E-state index in [0.717, 1.165) is 24.3 Å². The summed E-state index contributed by atoms with van der Waals surface area (Å²) in [4.78, 5) is -0.0826. The van der Waals surface area contributed by atoms with Gasteiger partial charge in [-0.1, -0.05) is 0 Å². The lowest BCUT2D eigenvalue weighted by Crippen LogP contribution is -2.13. The van der Waals surface area contributed by atoms with Gasteiger partial charge in [0.15, 0.2) is 0 Å². The van der Waals surface area contributed by atoms with Crippen LogP contribution in [-0.4, -0.2) is 42.0 Å². The van der Waals surface area contributed by atoms with Gasteiger partial charge in [-0.25, -0.2) is 4.39 Å². The van der Waals surface area contributed by atoms with Gasteiger partial charge in [-0.2, -0.15) is 8.42 Å². The quantitative estimate of drug-likeness (QED) is 0.528. The van der Waals surface area contributed by atoms with Gasteiger partial charge in [-0.05, 0) is 24.3 Å². The minimum absolute atomic E-state index is 0.0826. The summed E-state index contributed by atoms with van der Waals surface area (Å²) in [5, 5.41) is 0. The molecule has 5 nitrogen and oxygen atoms in total. The molecule has 0 saturated heterocycles. The maximum Gasteiger partial charge on any atom is 0.297 e. The van der Waals surface area contributed by atoms with E-state index in [1.807, 2.05) is 0 Å². The van der Waals surface area contributed by atoms with E-state index in [2.05, 4.69) is 0 Å². The van der Waals surface area contributed by atoms with Gasteiger partial charge in [0.1, 0.15) is 5.82 Å². The molecule has 0 fully saturated rings. The predicted molar refractivity (Wildman–Crippen MR) is 62.2 cm³/mol. The zero-order valence-electron chi connectivity index (χ0n) is 9.97. The second-order valence-corrected chi connectivity index (χ2v) is 4.95. The van der Waals surface area contributed by atoms with Crippen LogP contribution in [0.15, 0.2) is 29.2 Å². The monoisotopic (exact) mass is 278 g/mol. The molecular formula is C11H15FO5S. The maximum atomic E-state index is 12.6. The average molecular weight is 278 g/mol. The summed E-state index contributed by atoms with van der Waals surface area (Å²) in [7, 11) is -2.31. The molecule has 0 radical (unpaired) electrons. The van der Waals surface area contributed by atoms with Crippen molar-refractivity contribution in [2.24, 2.45) is 0 Å². The number of halogens is 1. The Labute approximate surface area is 106 Å². The Morgan fingerprint density at radius 3 is 2.28 bits per heavy atom. The third-order valence-electron chi connectivity index (χ3n) is 2.00. The average Bonchev–Trinajstić information content (AvgIpc) is 2.34. The summed E-state index contributed by atoms with van der Waals surface area (Å²) >= 11 is 0. The van der Waals surface area contributed by atoms with Gasteiger partial charge >= 0.3 is 0 Å². The number of hydrogen-bond donors (Lipinski definition) is 0. The van der Waals surface area contributed by atoms with E-state index in [0.29, 0.717) is 13.2 Å². The van der Waals surface area contributed by atoms with Crippen LogP contribution in [0.2, 0.25) is 0 Å². The van der Waals surface area contributed by atoms with Gasteiger partial charge in [-0.15, -0.1) is 0 Å². The molecule has 0 saturated carbocycles. The van der Waals surface area contributed by atoms with Crippen molar-refractivity contribution in [3.05, 3.63) is 30.1 Å². The highest BCUT2D eigenvalue weighted by atomic mass is 32.2. The zero-order chi connectivity index (χ0) is 13.4. The van der Waals surface area contributed by atoms with Crippen molar-refractivity contribution in [3.63, 3.8) is 0 Å². The van der Waals surface area contributed by atoms with Crippen molar-refractivity contribution in [2.75, 3.05) is 33.5 Å². The number of methoxy groups -OCH3 is 1. The Hall–Kier alpha value is -1.02.